The van der Waals surface area contributed by atoms with Crippen LogP contribution in [0.15, 0.2) is 64.9 Å². The number of amides is 1. The second-order valence-electron chi connectivity index (χ2n) is 8.23. The molecule has 1 saturated carbocycles. The maximum absolute atomic E-state index is 12.8. The SMILES string of the molecule is CS(=O)(=O)c1ccccc1C=CCNC1CCCC1C(=O)NCc1ccc(-c2cccs2)s1. The first-order valence-electron chi connectivity index (χ1n) is 11.0. The van der Waals surface area contributed by atoms with Crippen LogP contribution in [0.5, 0.6) is 0 Å². The molecule has 0 radical (unpaired) electrons. The van der Waals surface area contributed by atoms with Gasteiger partial charge in [0.05, 0.1) is 17.4 Å². The molecule has 174 valence electrons. The quantitative estimate of drug-likeness (QED) is 0.435. The summed E-state index contributed by atoms with van der Waals surface area (Å²) in [5.41, 5.74) is 0.681. The van der Waals surface area contributed by atoms with Gasteiger partial charge in [0.2, 0.25) is 5.91 Å². The molecule has 0 spiro atoms. The summed E-state index contributed by atoms with van der Waals surface area (Å²) in [4.78, 5) is 16.8. The van der Waals surface area contributed by atoms with Crippen molar-refractivity contribution in [1.82, 2.24) is 10.6 Å². The van der Waals surface area contributed by atoms with Gasteiger partial charge >= 0.3 is 0 Å². The number of thiophene rings is 2. The number of hydrogen-bond acceptors (Lipinski definition) is 6. The maximum atomic E-state index is 12.8. The lowest BCUT2D eigenvalue weighted by molar-refractivity contribution is -0.125. The Bertz CT molecular complexity index is 1210. The highest BCUT2D eigenvalue weighted by Gasteiger charge is 2.32. The first kappa shape index (κ1) is 23.9. The molecule has 5 nitrogen and oxygen atoms in total. The Hall–Kier alpha value is -2.26. The molecule has 3 aromatic rings. The molecule has 2 heterocycles. The summed E-state index contributed by atoms with van der Waals surface area (Å²) in [5, 5.41) is 8.66. The summed E-state index contributed by atoms with van der Waals surface area (Å²) in [7, 11) is -3.27. The van der Waals surface area contributed by atoms with Crippen LogP contribution in [0.4, 0.5) is 0 Å². The van der Waals surface area contributed by atoms with Crippen LogP contribution in [0.1, 0.15) is 29.7 Å². The van der Waals surface area contributed by atoms with E-state index in [1.54, 1.807) is 40.9 Å². The lowest BCUT2D eigenvalue weighted by atomic mass is 10.0. The molecule has 1 fully saturated rings. The summed E-state index contributed by atoms with van der Waals surface area (Å²) < 4.78 is 23.9. The summed E-state index contributed by atoms with van der Waals surface area (Å²) in [6.07, 6.45) is 7.85. The van der Waals surface area contributed by atoms with E-state index in [-0.39, 0.29) is 17.9 Å². The van der Waals surface area contributed by atoms with Crippen LogP contribution < -0.4 is 10.6 Å². The van der Waals surface area contributed by atoms with Gasteiger partial charge in [-0.2, -0.15) is 0 Å². The van der Waals surface area contributed by atoms with Crippen molar-refractivity contribution in [2.75, 3.05) is 12.8 Å². The molecule has 4 rings (SSSR count). The topological polar surface area (TPSA) is 75.3 Å². The molecule has 2 aromatic heterocycles. The van der Waals surface area contributed by atoms with Crippen LogP contribution in [0.2, 0.25) is 0 Å². The van der Waals surface area contributed by atoms with E-state index in [0.29, 0.717) is 23.5 Å². The van der Waals surface area contributed by atoms with Crippen LogP contribution in [0, 0.1) is 5.92 Å². The summed E-state index contributed by atoms with van der Waals surface area (Å²) >= 11 is 3.45. The smallest absolute Gasteiger partial charge is 0.224 e. The molecule has 8 heteroatoms. The normalized spacial score (nSPS) is 18.7. The highest BCUT2D eigenvalue weighted by molar-refractivity contribution is 7.90. The van der Waals surface area contributed by atoms with Gasteiger partial charge < -0.3 is 10.6 Å². The fraction of sp³-hybridized carbons (Fsp3) is 0.320. The average Bonchev–Trinajstić information content (AvgIpc) is 3.56. The zero-order valence-corrected chi connectivity index (χ0v) is 20.9. The van der Waals surface area contributed by atoms with Crippen LogP contribution in [0.25, 0.3) is 15.8 Å². The van der Waals surface area contributed by atoms with E-state index in [1.807, 2.05) is 24.3 Å². The van der Waals surface area contributed by atoms with E-state index in [1.165, 1.54) is 16.0 Å². The summed E-state index contributed by atoms with van der Waals surface area (Å²) in [5.74, 6) is 0.0564. The fourth-order valence-corrected chi connectivity index (χ4v) is 6.88. The zero-order chi connectivity index (χ0) is 23.3. The number of rotatable bonds is 9. The molecule has 1 amide bonds. The number of carbonyl (C=O) groups is 1. The van der Waals surface area contributed by atoms with Crippen LogP contribution in [0.3, 0.4) is 0 Å². The molecule has 0 saturated heterocycles. The van der Waals surface area contributed by atoms with Crippen LogP contribution in [-0.2, 0) is 21.2 Å². The molecule has 33 heavy (non-hydrogen) atoms. The predicted octanol–water partition coefficient (Wildman–Crippen LogP) is 4.97. The Balaban J connectivity index is 1.28. The third-order valence-corrected chi connectivity index (χ3v) is 9.15. The van der Waals surface area contributed by atoms with Gasteiger partial charge in [-0.3, -0.25) is 4.79 Å². The minimum Gasteiger partial charge on any atom is -0.351 e. The highest BCUT2D eigenvalue weighted by atomic mass is 32.2. The second-order valence-corrected chi connectivity index (χ2v) is 12.3. The molecular weight excluding hydrogens is 472 g/mol. The van der Waals surface area contributed by atoms with Gasteiger partial charge in [0.15, 0.2) is 9.84 Å². The molecule has 2 N–H and O–H groups in total. The standard InChI is InChI=1S/C25H28N2O3S3/c1-33(29,30)24-12-3-2-7-18(24)8-5-15-26-21-10-4-9-20(21)25(28)27-17-19-13-14-23(32-19)22-11-6-16-31-22/h2-3,5-8,11-14,16,20-21,26H,4,9-10,15,17H2,1H3,(H,27,28). The van der Waals surface area contributed by atoms with E-state index < -0.39 is 9.84 Å². The van der Waals surface area contributed by atoms with Crippen LogP contribution >= 0.6 is 22.7 Å². The van der Waals surface area contributed by atoms with Gasteiger partial charge in [-0.15, -0.1) is 22.7 Å². The van der Waals surface area contributed by atoms with Crippen molar-refractivity contribution in [2.45, 2.75) is 36.7 Å². The Kier molecular flexibility index (Phi) is 7.80. The molecule has 2 unspecified atom stereocenters. The minimum atomic E-state index is -3.27. The fourth-order valence-electron chi connectivity index (χ4n) is 4.21. The first-order chi connectivity index (χ1) is 15.9. The average molecular weight is 501 g/mol. The zero-order valence-electron chi connectivity index (χ0n) is 18.5. The van der Waals surface area contributed by atoms with Gasteiger partial charge in [-0.1, -0.05) is 42.8 Å². The van der Waals surface area contributed by atoms with E-state index in [4.69, 9.17) is 0 Å². The molecule has 2 atom stereocenters. The lowest BCUT2D eigenvalue weighted by Gasteiger charge is -2.19. The predicted molar refractivity (Wildman–Crippen MR) is 137 cm³/mol. The third-order valence-electron chi connectivity index (χ3n) is 5.83. The molecule has 1 aromatic carbocycles. The largest absolute Gasteiger partial charge is 0.351 e. The molecule has 0 bridgehead atoms. The van der Waals surface area contributed by atoms with E-state index in [2.05, 4.69) is 34.2 Å². The van der Waals surface area contributed by atoms with Gasteiger partial charge in [0.1, 0.15) is 0 Å². The van der Waals surface area contributed by atoms with Gasteiger partial charge in [-0.25, -0.2) is 8.42 Å². The second kappa shape index (κ2) is 10.8. The maximum Gasteiger partial charge on any atom is 0.224 e. The number of sulfone groups is 1. The molecular formula is C25H28N2O3S3. The van der Waals surface area contributed by atoms with Crippen molar-refractivity contribution in [3.8, 4) is 9.75 Å². The van der Waals surface area contributed by atoms with Gasteiger partial charge in [-0.05, 0) is 48.1 Å². The van der Waals surface area contributed by atoms with Crippen molar-refractivity contribution in [3.63, 3.8) is 0 Å². The van der Waals surface area contributed by atoms with Crippen LogP contribution in [-0.4, -0.2) is 33.2 Å². The third kappa shape index (κ3) is 6.20. The number of hydrogen-bond donors (Lipinski definition) is 2. The summed E-state index contributed by atoms with van der Waals surface area (Å²) in [6.45, 7) is 1.14. The van der Waals surface area contributed by atoms with E-state index in [0.717, 1.165) is 24.1 Å². The first-order valence-corrected chi connectivity index (χ1v) is 14.6. The number of benzene rings is 1. The Labute approximate surface area is 203 Å². The van der Waals surface area contributed by atoms with Gasteiger partial charge in [0, 0.05) is 33.5 Å². The highest BCUT2D eigenvalue weighted by Crippen LogP contribution is 2.32. The van der Waals surface area contributed by atoms with Gasteiger partial charge in [0.25, 0.3) is 0 Å². The monoisotopic (exact) mass is 500 g/mol. The minimum absolute atomic E-state index is 0.0431. The Morgan fingerprint density at radius 1 is 1.09 bits per heavy atom. The number of carbonyl (C=O) groups excluding carboxylic acids is 1. The summed E-state index contributed by atoms with van der Waals surface area (Å²) in [6, 6.07) is 15.5. The van der Waals surface area contributed by atoms with E-state index in [9.17, 15) is 13.2 Å². The van der Waals surface area contributed by atoms with Crippen molar-refractivity contribution < 1.29 is 13.2 Å². The Morgan fingerprint density at radius 3 is 2.73 bits per heavy atom. The molecule has 1 aliphatic carbocycles. The van der Waals surface area contributed by atoms with Crippen molar-refractivity contribution in [2.24, 2.45) is 5.92 Å². The van der Waals surface area contributed by atoms with Crippen molar-refractivity contribution in [1.29, 1.82) is 0 Å². The van der Waals surface area contributed by atoms with Crippen molar-refractivity contribution in [3.05, 3.63) is 70.4 Å². The van der Waals surface area contributed by atoms with Crippen molar-refractivity contribution >= 4 is 44.5 Å². The molecule has 1 aliphatic rings. The number of nitrogens with one attached hydrogen (secondary N) is 2. The van der Waals surface area contributed by atoms with E-state index >= 15 is 0 Å². The Morgan fingerprint density at radius 2 is 1.94 bits per heavy atom. The lowest BCUT2D eigenvalue weighted by Crippen LogP contribution is -2.41. The molecule has 0 aliphatic heterocycles.